The number of imidazole rings is 1. The van der Waals surface area contributed by atoms with E-state index in [0.29, 0.717) is 11.9 Å². The van der Waals surface area contributed by atoms with Crippen molar-refractivity contribution in [2.24, 2.45) is 11.7 Å². The van der Waals surface area contributed by atoms with Crippen molar-refractivity contribution in [3.8, 4) is 22.4 Å². The molecule has 0 aliphatic carbocycles. The number of hydrogen-bond acceptors (Lipinski definition) is 5. The number of benzene rings is 2. The highest BCUT2D eigenvalue weighted by Gasteiger charge is 2.30. The van der Waals surface area contributed by atoms with Crippen molar-refractivity contribution < 1.29 is 0 Å². The standard InChI is InChI=1S/C28H30N6/c1-18(2)25(29)28(3,4)33-27-32-24(20-11-13-30-14-12-20)23(26-31-15-16-34(26)27)22-10-9-19-7-5-6-8-21(19)17-22/h5-18,25H,29H2,1-4H3,(H,32,33). The molecule has 0 spiro atoms. The maximum Gasteiger partial charge on any atom is 0.209 e. The van der Waals surface area contributed by atoms with Crippen LogP contribution in [0.3, 0.4) is 0 Å². The highest BCUT2D eigenvalue weighted by molar-refractivity contribution is 5.95. The summed E-state index contributed by atoms with van der Waals surface area (Å²) in [4.78, 5) is 14.1. The van der Waals surface area contributed by atoms with Crippen molar-refractivity contribution in [3.63, 3.8) is 0 Å². The lowest BCUT2D eigenvalue weighted by atomic mass is 9.87. The van der Waals surface area contributed by atoms with Crippen LogP contribution in [-0.2, 0) is 0 Å². The summed E-state index contributed by atoms with van der Waals surface area (Å²) in [5, 5.41) is 6.00. The minimum absolute atomic E-state index is 0.0580. The smallest absolute Gasteiger partial charge is 0.209 e. The average molecular weight is 451 g/mol. The Hall–Kier alpha value is -3.77. The molecule has 2 aromatic carbocycles. The molecule has 1 atom stereocenters. The van der Waals surface area contributed by atoms with Gasteiger partial charge in [-0.3, -0.25) is 9.38 Å². The maximum atomic E-state index is 6.56. The molecule has 0 saturated heterocycles. The monoisotopic (exact) mass is 450 g/mol. The van der Waals surface area contributed by atoms with Gasteiger partial charge in [0.05, 0.1) is 11.3 Å². The van der Waals surface area contributed by atoms with Crippen LogP contribution in [0.15, 0.2) is 79.4 Å². The molecule has 0 saturated carbocycles. The fraction of sp³-hybridized carbons (Fsp3) is 0.250. The minimum atomic E-state index is -0.377. The molecule has 5 rings (SSSR count). The Morgan fingerprint density at radius 2 is 1.65 bits per heavy atom. The molecular formula is C28H30N6. The molecule has 5 aromatic rings. The molecule has 6 nitrogen and oxygen atoms in total. The van der Waals surface area contributed by atoms with E-state index >= 15 is 0 Å². The lowest BCUT2D eigenvalue weighted by Gasteiger charge is -2.36. The highest BCUT2D eigenvalue weighted by atomic mass is 15.2. The number of aromatic nitrogens is 4. The van der Waals surface area contributed by atoms with Crippen molar-refractivity contribution in [1.29, 1.82) is 0 Å². The number of nitrogens with zero attached hydrogens (tertiary/aromatic N) is 4. The van der Waals surface area contributed by atoms with Gasteiger partial charge in [-0.2, -0.15) is 0 Å². The Kier molecular flexibility index (Phi) is 5.54. The lowest BCUT2D eigenvalue weighted by molar-refractivity contribution is 0.353. The van der Waals surface area contributed by atoms with E-state index in [1.54, 1.807) is 12.4 Å². The van der Waals surface area contributed by atoms with Gasteiger partial charge in [0.15, 0.2) is 0 Å². The molecule has 1 unspecified atom stereocenters. The molecule has 3 N–H and O–H groups in total. The average Bonchev–Trinajstić information content (AvgIpc) is 3.33. The van der Waals surface area contributed by atoms with Gasteiger partial charge in [-0.05, 0) is 54.3 Å². The molecule has 0 aliphatic rings. The van der Waals surface area contributed by atoms with Gasteiger partial charge in [0.1, 0.15) is 5.65 Å². The van der Waals surface area contributed by atoms with Crippen molar-refractivity contribution >= 4 is 22.4 Å². The van der Waals surface area contributed by atoms with Crippen LogP contribution < -0.4 is 11.1 Å². The first-order valence-electron chi connectivity index (χ1n) is 11.7. The van der Waals surface area contributed by atoms with Gasteiger partial charge in [-0.25, -0.2) is 9.97 Å². The fourth-order valence-electron chi connectivity index (χ4n) is 4.60. The van der Waals surface area contributed by atoms with Crippen LogP contribution in [0.4, 0.5) is 5.95 Å². The number of anilines is 1. The summed E-state index contributed by atoms with van der Waals surface area (Å²) in [6, 6.07) is 18.8. The predicted molar refractivity (Wildman–Crippen MR) is 140 cm³/mol. The van der Waals surface area contributed by atoms with Crippen molar-refractivity contribution in [3.05, 3.63) is 79.4 Å². The number of nitrogens with two attached hydrogens (primary N) is 1. The van der Waals surface area contributed by atoms with Crippen LogP contribution in [-0.4, -0.2) is 30.9 Å². The van der Waals surface area contributed by atoms with E-state index in [1.165, 1.54) is 10.8 Å². The van der Waals surface area contributed by atoms with Crippen LogP contribution in [0.1, 0.15) is 27.7 Å². The van der Waals surface area contributed by atoms with Gasteiger partial charge in [-0.1, -0.05) is 50.2 Å². The van der Waals surface area contributed by atoms with E-state index in [-0.39, 0.29) is 11.6 Å². The molecule has 0 bridgehead atoms. The Labute approximate surface area is 199 Å². The molecule has 172 valence electrons. The number of hydrogen-bond donors (Lipinski definition) is 2. The lowest BCUT2D eigenvalue weighted by Crippen LogP contribution is -2.52. The third kappa shape index (κ3) is 3.90. The zero-order chi connectivity index (χ0) is 23.9. The largest absolute Gasteiger partial charge is 0.349 e. The predicted octanol–water partition coefficient (Wildman–Crippen LogP) is 5.79. The Balaban J connectivity index is 1.76. The second-order valence-corrected chi connectivity index (χ2v) is 9.69. The maximum absolute atomic E-state index is 6.56. The Morgan fingerprint density at radius 3 is 2.38 bits per heavy atom. The first kappa shape index (κ1) is 22.0. The van der Waals surface area contributed by atoms with Crippen molar-refractivity contribution in [2.75, 3.05) is 5.32 Å². The fourth-order valence-corrected chi connectivity index (χ4v) is 4.60. The summed E-state index contributed by atoms with van der Waals surface area (Å²) in [6.45, 7) is 8.51. The molecule has 0 fully saturated rings. The minimum Gasteiger partial charge on any atom is -0.349 e. The van der Waals surface area contributed by atoms with Gasteiger partial charge in [0.2, 0.25) is 5.95 Å². The summed E-state index contributed by atoms with van der Waals surface area (Å²) in [5.74, 6) is 1.03. The zero-order valence-corrected chi connectivity index (χ0v) is 20.0. The molecule has 3 heterocycles. The second-order valence-electron chi connectivity index (χ2n) is 9.69. The number of nitrogens with one attached hydrogen (secondary N) is 1. The molecule has 0 aliphatic heterocycles. The number of pyridine rings is 1. The van der Waals surface area contributed by atoms with Crippen molar-refractivity contribution in [2.45, 2.75) is 39.3 Å². The van der Waals surface area contributed by atoms with Crippen LogP contribution in [0.25, 0.3) is 38.8 Å². The highest BCUT2D eigenvalue weighted by Crippen LogP contribution is 2.37. The first-order valence-corrected chi connectivity index (χ1v) is 11.7. The summed E-state index contributed by atoms with van der Waals surface area (Å²) in [6.07, 6.45) is 7.35. The normalized spacial score (nSPS) is 13.0. The van der Waals surface area contributed by atoms with Gasteiger partial charge in [0.25, 0.3) is 0 Å². The zero-order valence-electron chi connectivity index (χ0n) is 20.0. The topological polar surface area (TPSA) is 81.1 Å². The van der Waals surface area contributed by atoms with E-state index in [9.17, 15) is 0 Å². The van der Waals surface area contributed by atoms with Gasteiger partial charge < -0.3 is 11.1 Å². The second kappa shape index (κ2) is 8.54. The molecule has 0 radical (unpaired) electrons. The number of rotatable bonds is 6. The van der Waals surface area contributed by atoms with Gasteiger partial charge in [-0.15, -0.1) is 0 Å². The Bertz CT molecular complexity index is 1450. The van der Waals surface area contributed by atoms with Crippen LogP contribution >= 0.6 is 0 Å². The van der Waals surface area contributed by atoms with E-state index in [4.69, 9.17) is 15.7 Å². The molecule has 0 amide bonds. The summed E-state index contributed by atoms with van der Waals surface area (Å²) in [5.41, 5.74) is 10.9. The van der Waals surface area contributed by atoms with E-state index in [1.807, 2.05) is 28.9 Å². The third-order valence-corrected chi connectivity index (χ3v) is 6.52. The summed E-state index contributed by atoms with van der Waals surface area (Å²) < 4.78 is 2.02. The summed E-state index contributed by atoms with van der Waals surface area (Å²) in [7, 11) is 0. The molecule has 3 aromatic heterocycles. The van der Waals surface area contributed by atoms with Crippen molar-refractivity contribution in [1.82, 2.24) is 19.4 Å². The van der Waals surface area contributed by atoms with Crippen LogP contribution in [0, 0.1) is 5.92 Å². The van der Waals surface area contributed by atoms with E-state index in [2.05, 4.69) is 80.5 Å². The van der Waals surface area contributed by atoms with Gasteiger partial charge >= 0.3 is 0 Å². The first-order chi connectivity index (χ1) is 16.3. The van der Waals surface area contributed by atoms with Crippen LogP contribution in [0.2, 0.25) is 0 Å². The molecule has 34 heavy (non-hydrogen) atoms. The third-order valence-electron chi connectivity index (χ3n) is 6.52. The van der Waals surface area contributed by atoms with E-state index in [0.717, 1.165) is 28.0 Å². The summed E-state index contributed by atoms with van der Waals surface area (Å²) >= 11 is 0. The molecular weight excluding hydrogens is 420 g/mol. The van der Waals surface area contributed by atoms with Gasteiger partial charge in [0, 0.05) is 41.9 Å². The number of fused-ring (bicyclic) bond motifs is 2. The SMILES string of the molecule is CC(C)C(N)C(C)(C)Nc1nc(-c2ccncc2)c(-c2ccc3ccccc3c2)c2nccn12. The quantitative estimate of drug-likeness (QED) is 0.342. The Morgan fingerprint density at radius 1 is 0.912 bits per heavy atom. The van der Waals surface area contributed by atoms with Crippen LogP contribution in [0.5, 0.6) is 0 Å². The van der Waals surface area contributed by atoms with E-state index < -0.39 is 0 Å². The molecule has 6 heteroatoms.